The monoisotopic (exact) mass is 315 g/mol. The number of benzene rings is 1. The Labute approximate surface area is 140 Å². The van der Waals surface area contributed by atoms with Gasteiger partial charge < -0.3 is 4.74 Å². The first-order valence-electron chi connectivity index (χ1n) is 8.68. The largest absolute Gasteiger partial charge is 0.468 e. The van der Waals surface area contributed by atoms with E-state index in [1.165, 1.54) is 39.2 Å². The molecule has 1 aliphatic carbocycles. The Balaban J connectivity index is 2.22. The zero-order valence-corrected chi connectivity index (χ0v) is 14.3. The number of hydrogen-bond acceptors (Lipinski definition) is 3. The topological polar surface area (TPSA) is 38.3 Å². The molecule has 3 atom stereocenters. The minimum Gasteiger partial charge on any atom is -0.468 e. The molecule has 0 saturated heterocycles. The van der Waals surface area contributed by atoms with Crippen molar-refractivity contribution in [1.29, 1.82) is 0 Å². The number of esters is 1. The molecule has 3 heteroatoms. The van der Waals surface area contributed by atoms with Crippen molar-refractivity contribution in [2.75, 3.05) is 7.11 Å². The van der Waals surface area contributed by atoms with Gasteiger partial charge in [0.2, 0.25) is 0 Å². The molecule has 1 fully saturated rings. The summed E-state index contributed by atoms with van der Waals surface area (Å²) in [4.78, 5) is 12.3. The minimum atomic E-state index is -0.421. The zero-order chi connectivity index (χ0) is 16.7. The lowest BCUT2D eigenvalue weighted by molar-refractivity contribution is -0.143. The van der Waals surface area contributed by atoms with Crippen molar-refractivity contribution in [1.82, 2.24) is 5.32 Å². The zero-order valence-electron chi connectivity index (χ0n) is 14.3. The van der Waals surface area contributed by atoms with Crippen LogP contribution in [0, 0.1) is 11.8 Å². The van der Waals surface area contributed by atoms with E-state index in [2.05, 4.69) is 18.8 Å². The summed E-state index contributed by atoms with van der Waals surface area (Å²) in [7, 11) is 1.45. The van der Waals surface area contributed by atoms with Gasteiger partial charge in [0.15, 0.2) is 0 Å². The molecule has 0 amide bonds. The van der Waals surface area contributed by atoms with Crippen LogP contribution in [0.5, 0.6) is 0 Å². The maximum absolute atomic E-state index is 12.3. The SMILES string of the molecule is C=C[C@@H](C)[C@H](N[C@H](C(=O)OC)c1ccccc1)C1CCCCC1. The summed E-state index contributed by atoms with van der Waals surface area (Å²) in [6.45, 7) is 6.14. The van der Waals surface area contributed by atoms with Gasteiger partial charge in [-0.3, -0.25) is 5.32 Å². The van der Waals surface area contributed by atoms with E-state index in [1.807, 2.05) is 36.4 Å². The van der Waals surface area contributed by atoms with Gasteiger partial charge in [0.05, 0.1) is 7.11 Å². The van der Waals surface area contributed by atoms with E-state index in [1.54, 1.807) is 0 Å². The number of carbonyl (C=O) groups is 1. The summed E-state index contributed by atoms with van der Waals surface area (Å²) in [6, 6.07) is 9.66. The van der Waals surface area contributed by atoms with Crippen LogP contribution in [0.1, 0.15) is 50.6 Å². The third-order valence-electron chi connectivity index (χ3n) is 5.02. The molecule has 1 N–H and O–H groups in total. The van der Waals surface area contributed by atoms with Gasteiger partial charge in [-0.1, -0.05) is 62.6 Å². The van der Waals surface area contributed by atoms with Crippen LogP contribution in [0.25, 0.3) is 0 Å². The molecule has 0 unspecified atom stereocenters. The first kappa shape index (κ1) is 17.7. The second-order valence-electron chi connectivity index (χ2n) is 6.55. The second kappa shape index (κ2) is 8.88. The summed E-state index contributed by atoms with van der Waals surface area (Å²) < 4.78 is 5.04. The smallest absolute Gasteiger partial charge is 0.327 e. The van der Waals surface area contributed by atoms with Gasteiger partial charge in [0, 0.05) is 6.04 Å². The fraction of sp³-hybridized carbons (Fsp3) is 0.550. The van der Waals surface area contributed by atoms with Crippen LogP contribution >= 0.6 is 0 Å². The number of rotatable bonds is 7. The number of carbonyl (C=O) groups excluding carboxylic acids is 1. The van der Waals surface area contributed by atoms with Gasteiger partial charge in [0.1, 0.15) is 6.04 Å². The second-order valence-corrected chi connectivity index (χ2v) is 6.55. The highest BCUT2D eigenvalue weighted by atomic mass is 16.5. The number of nitrogens with one attached hydrogen (secondary N) is 1. The highest BCUT2D eigenvalue weighted by Crippen LogP contribution is 2.31. The Morgan fingerprint density at radius 1 is 1.26 bits per heavy atom. The number of methoxy groups -OCH3 is 1. The lowest BCUT2D eigenvalue weighted by atomic mass is 9.78. The fourth-order valence-electron chi connectivity index (χ4n) is 3.61. The highest BCUT2D eigenvalue weighted by molar-refractivity contribution is 5.77. The van der Waals surface area contributed by atoms with Gasteiger partial charge in [-0.25, -0.2) is 4.79 Å². The molecule has 0 heterocycles. The van der Waals surface area contributed by atoms with Crippen molar-refractivity contribution < 1.29 is 9.53 Å². The van der Waals surface area contributed by atoms with Crippen LogP contribution < -0.4 is 5.32 Å². The average Bonchev–Trinajstić information content (AvgIpc) is 2.63. The lowest BCUT2D eigenvalue weighted by Crippen LogP contribution is -2.46. The molecule has 126 valence electrons. The maximum atomic E-state index is 12.3. The molecule has 0 spiro atoms. The Bertz CT molecular complexity index is 494. The molecule has 2 rings (SSSR count). The van der Waals surface area contributed by atoms with Crippen LogP contribution in [0.3, 0.4) is 0 Å². The van der Waals surface area contributed by atoms with Crippen molar-refractivity contribution in [2.45, 2.75) is 51.1 Å². The normalized spacial score (nSPS) is 19.6. The Kier molecular flexibility index (Phi) is 6.85. The summed E-state index contributed by atoms with van der Waals surface area (Å²) in [5.74, 6) is 0.676. The molecule has 3 nitrogen and oxygen atoms in total. The average molecular weight is 315 g/mol. The van der Waals surface area contributed by atoms with E-state index in [0.717, 1.165) is 5.56 Å². The molecule has 1 aliphatic rings. The predicted octanol–water partition coefficient (Wildman–Crippen LogP) is 4.26. The van der Waals surface area contributed by atoms with E-state index < -0.39 is 6.04 Å². The van der Waals surface area contributed by atoms with Gasteiger partial charge in [-0.15, -0.1) is 6.58 Å². The molecular weight excluding hydrogens is 286 g/mol. The van der Waals surface area contributed by atoms with E-state index in [4.69, 9.17) is 4.74 Å². The molecule has 1 saturated carbocycles. The third-order valence-corrected chi connectivity index (χ3v) is 5.02. The molecular formula is C20H29NO2. The van der Waals surface area contributed by atoms with Crippen LogP contribution in [-0.2, 0) is 9.53 Å². The van der Waals surface area contributed by atoms with Crippen molar-refractivity contribution in [3.63, 3.8) is 0 Å². The van der Waals surface area contributed by atoms with Crippen LogP contribution in [0.15, 0.2) is 43.0 Å². The third kappa shape index (κ3) is 4.68. The van der Waals surface area contributed by atoms with Gasteiger partial charge >= 0.3 is 5.97 Å². The molecule has 1 aromatic rings. The first-order chi connectivity index (χ1) is 11.2. The number of ether oxygens (including phenoxy) is 1. The molecule has 1 aromatic carbocycles. The van der Waals surface area contributed by atoms with Gasteiger partial charge in [-0.2, -0.15) is 0 Å². The van der Waals surface area contributed by atoms with E-state index in [0.29, 0.717) is 11.8 Å². The first-order valence-corrected chi connectivity index (χ1v) is 8.68. The Hall–Kier alpha value is -1.61. The summed E-state index contributed by atoms with van der Waals surface area (Å²) in [6.07, 6.45) is 8.31. The lowest BCUT2D eigenvalue weighted by Gasteiger charge is -2.36. The van der Waals surface area contributed by atoms with Crippen molar-refractivity contribution in [2.24, 2.45) is 11.8 Å². The van der Waals surface area contributed by atoms with Crippen LogP contribution in [0.2, 0.25) is 0 Å². The highest BCUT2D eigenvalue weighted by Gasteiger charge is 2.32. The quantitative estimate of drug-likeness (QED) is 0.603. The summed E-state index contributed by atoms with van der Waals surface area (Å²) in [5, 5.41) is 3.60. The maximum Gasteiger partial charge on any atom is 0.327 e. The molecule has 0 aromatic heterocycles. The molecule has 0 bridgehead atoms. The van der Waals surface area contributed by atoms with Crippen molar-refractivity contribution in [3.05, 3.63) is 48.6 Å². The molecule has 0 aliphatic heterocycles. The van der Waals surface area contributed by atoms with Crippen molar-refractivity contribution >= 4 is 5.97 Å². The molecule has 23 heavy (non-hydrogen) atoms. The standard InChI is InChI=1S/C20H29NO2/c1-4-15(2)18(16-11-7-5-8-12-16)21-19(20(22)23-3)17-13-9-6-10-14-17/h4,6,9-10,13-16,18-19,21H,1,5,7-8,11-12H2,2-3H3/t15-,18+,19+/m1/s1. The summed E-state index contributed by atoms with van der Waals surface area (Å²) in [5.41, 5.74) is 0.955. The van der Waals surface area contributed by atoms with Gasteiger partial charge in [0.25, 0.3) is 0 Å². The summed E-state index contributed by atoms with van der Waals surface area (Å²) >= 11 is 0. The minimum absolute atomic E-state index is 0.228. The Morgan fingerprint density at radius 2 is 1.91 bits per heavy atom. The fourth-order valence-corrected chi connectivity index (χ4v) is 3.61. The Morgan fingerprint density at radius 3 is 2.48 bits per heavy atom. The van der Waals surface area contributed by atoms with E-state index >= 15 is 0 Å². The van der Waals surface area contributed by atoms with Crippen LogP contribution in [-0.4, -0.2) is 19.1 Å². The number of hydrogen-bond donors (Lipinski definition) is 1. The van der Waals surface area contributed by atoms with Crippen molar-refractivity contribution in [3.8, 4) is 0 Å². The van der Waals surface area contributed by atoms with E-state index in [9.17, 15) is 4.79 Å². The molecule has 0 radical (unpaired) electrons. The van der Waals surface area contributed by atoms with E-state index in [-0.39, 0.29) is 12.0 Å². The van der Waals surface area contributed by atoms with Crippen LogP contribution in [0.4, 0.5) is 0 Å². The van der Waals surface area contributed by atoms with Gasteiger partial charge in [-0.05, 0) is 30.2 Å². The predicted molar refractivity (Wildman–Crippen MR) is 94.1 cm³/mol.